The van der Waals surface area contributed by atoms with Crippen LogP contribution in [0.3, 0.4) is 0 Å². The van der Waals surface area contributed by atoms with Crippen molar-refractivity contribution >= 4 is 38.8 Å². The van der Waals surface area contributed by atoms with Crippen LogP contribution in [0.2, 0.25) is 0 Å². The van der Waals surface area contributed by atoms with Gasteiger partial charge in [-0.25, -0.2) is 5.43 Å². The molecule has 0 aliphatic rings. The van der Waals surface area contributed by atoms with Gasteiger partial charge in [-0.3, -0.25) is 4.79 Å². The van der Waals surface area contributed by atoms with Crippen LogP contribution in [0.15, 0.2) is 94.6 Å². The quantitative estimate of drug-likeness (QED) is 0.336. The molecular formula is C23H18BrN3O2. The molecule has 0 fully saturated rings. The fraction of sp³-hybridized carbons (Fsp3) is 0.0435. The van der Waals surface area contributed by atoms with Crippen molar-refractivity contribution in [3.63, 3.8) is 0 Å². The van der Waals surface area contributed by atoms with Crippen molar-refractivity contribution in [2.75, 3.05) is 6.61 Å². The molecule has 4 aromatic rings. The van der Waals surface area contributed by atoms with Gasteiger partial charge in [0.1, 0.15) is 5.75 Å². The zero-order chi connectivity index (χ0) is 20.1. The molecule has 3 aromatic carbocycles. The second-order valence-corrected chi connectivity index (χ2v) is 7.26. The zero-order valence-electron chi connectivity index (χ0n) is 15.5. The van der Waals surface area contributed by atoms with Crippen molar-refractivity contribution in [3.05, 3.63) is 95.2 Å². The lowest BCUT2D eigenvalue weighted by atomic mass is 10.1. The molecule has 0 bridgehead atoms. The van der Waals surface area contributed by atoms with E-state index in [4.69, 9.17) is 4.74 Å². The molecule has 0 saturated carbocycles. The van der Waals surface area contributed by atoms with E-state index in [0.29, 0.717) is 5.75 Å². The van der Waals surface area contributed by atoms with Crippen LogP contribution in [0.5, 0.6) is 5.75 Å². The molecule has 4 rings (SSSR count). The minimum absolute atomic E-state index is 0.113. The van der Waals surface area contributed by atoms with E-state index in [1.807, 2.05) is 89.6 Å². The zero-order valence-corrected chi connectivity index (χ0v) is 17.0. The summed E-state index contributed by atoms with van der Waals surface area (Å²) in [5.41, 5.74) is 4.35. The standard InChI is InChI=1S/C23H18BrN3O2/c24-18-8-4-9-19(14-18)27-13-5-10-20(27)15-25-26-23(28)16-29-22-12-3-7-17-6-1-2-11-21(17)22/h1-15H,16H2,(H,26,28)/b25-15+. The van der Waals surface area contributed by atoms with Gasteiger partial charge in [-0.2, -0.15) is 5.10 Å². The van der Waals surface area contributed by atoms with Crippen molar-refractivity contribution in [1.29, 1.82) is 0 Å². The third kappa shape index (κ3) is 4.55. The van der Waals surface area contributed by atoms with E-state index < -0.39 is 0 Å². The monoisotopic (exact) mass is 447 g/mol. The van der Waals surface area contributed by atoms with Gasteiger partial charge in [0.05, 0.1) is 11.9 Å². The minimum atomic E-state index is -0.324. The first-order chi connectivity index (χ1) is 14.2. The Balaban J connectivity index is 1.38. The van der Waals surface area contributed by atoms with E-state index >= 15 is 0 Å². The van der Waals surface area contributed by atoms with Crippen LogP contribution < -0.4 is 10.2 Å². The Bertz CT molecular complexity index is 1180. The Morgan fingerprint density at radius 2 is 1.86 bits per heavy atom. The Hall–Kier alpha value is -3.38. The van der Waals surface area contributed by atoms with E-state index in [2.05, 4.69) is 26.5 Å². The molecule has 1 amide bonds. The summed E-state index contributed by atoms with van der Waals surface area (Å²) in [7, 11) is 0. The summed E-state index contributed by atoms with van der Waals surface area (Å²) < 4.78 is 8.65. The van der Waals surface area contributed by atoms with Crippen LogP contribution in [0.4, 0.5) is 0 Å². The van der Waals surface area contributed by atoms with E-state index in [9.17, 15) is 4.79 Å². The number of hydrazone groups is 1. The molecule has 6 heteroatoms. The normalized spacial score (nSPS) is 11.1. The second kappa shape index (κ2) is 8.75. The van der Waals surface area contributed by atoms with E-state index in [-0.39, 0.29) is 12.5 Å². The van der Waals surface area contributed by atoms with Crippen LogP contribution in [-0.2, 0) is 4.79 Å². The highest BCUT2D eigenvalue weighted by Crippen LogP contribution is 2.25. The molecule has 0 spiro atoms. The maximum atomic E-state index is 12.1. The molecule has 0 unspecified atom stereocenters. The second-order valence-electron chi connectivity index (χ2n) is 6.34. The first-order valence-corrected chi connectivity index (χ1v) is 9.86. The number of fused-ring (bicyclic) bond motifs is 1. The summed E-state index contributed by atoms with van der Waals surface area (Å²) in [6, 6.07) is 25.4. The van der Waals surface area contributed by atoms with Crippen molar-refractivity contribution in [2.45, 2.75) is 0 Å². The number of amides is 1. The summed E-state index contributed by atoms with van der Waals surface area (Å²) in [5.74, 6) is 0.348. The number of carbonyl (C=O) groups is 1. The molecule has 1 N–H and O–H groups in total. The fourth-order valence-corrected chi connectivity index (χ4v) is 3.42. The maximum Gasteiger partial charge on any atom is 0.277 e. The molecule has 144 valence electrons. The molecule has 0 aliphatic heterocycles. The van der Waals surface area contributed by atoms with E-state index in [1.165, 1.54) is 0 Å². The lowest BCUT2D eigenvalue weighted by Crippen LogP contribution is -2.24. The largest absolute Gasteiger partial charge is 0.483 e. The Kier molecular flexibility index (Phi) is 5.72. The van der Waals surface area contributed by atoms with Gasteiger partial charge < -0.3 is 9.30 Å². The third-order valence-corrected chi connectivity index (χ3v) is 4.85. The van der Waals surface area contributed by atoms with Crippen molar-refractivity contribution in [3.8, 4) is 11.4 Å². The number of rotatable bonds is 6. The summed E-state index contributed by atoms with van der Waals surface area (Å²) in [4.78, 5) is 12.1. The van der Waals surface area contributed by atoms with E-state index in [0.717, 1.165) is 26.6 Å². The average molecular weight is 448 g/mol. The highest BCUT2D eigenvalue weighted by Gasteiger charge is 2.06. The number of ether oxygens (including phenoxy) is 1. The SMILES string of the molecule is O=C(COc1cccc2ccccc12)N/N=C/c1cccn1-c1cccc(Br)c1. The number of halogens is 1. The first kappa shape index (κ1) is 19.0. The average Bonchev–Trinajstić information content (AvgIpc) is 3.21. The van der Waals surface area contributed by atoms with Gasteiger partial charge in [-0.05, 0) is 41.8 Å². The Labute approximate surface area is 176 Å². The fourth-order valence-electron chi connectivity index (χ4n) is 3.03. The maximum absolute atomic E-state index is 12.1. The van der Waals surface area contributed by atoms with Gasteiger partial charge in [-0.1, -0.05) is 58.4 Å². The summed E-state index contributed by atoms with van der Waals surface area (Å²) in [6.45, 7) is -0.113. The van der Waals surface area contributed by atoms with Gasteiger partial charge >= 0.3 is 0 Å². The number of benzene rings is 3. The molecule has 1 aromatic heterocycles. The number of nitrogens with one attached hydrogen (secondary N) is 1. The summed E-state index contributed by atoms with van der Waals surface area (Å²) in [6.07, 6.45) is 3.55. The lowest BCUT2D eigenvalue weighted by Gasteiger charge is -2.08. The molecule has 5 nitrogen and oxygen atoms in total. The Morgan fingerprint density at radius 3 is 2.76 bits per heavy atom. The highest BCUT2D eigenvalue weighted by atomic mass is 79.9. The van der Waals surface area contributed by atoms with Crippen LogP contribution in [0.25, 0.3) is 16.5 Å². The minimum Gasteiger partial charge on any atom is -0.483 e. The van der Waals surface area contributed by atoms with Gasteiger partial charge in [0.25, 0.3) is 5.91 Å². The van der Waals surface area contributed by atoms with Crippen LogP contribution in [0, 0.1) is 0 Å². The molecule has 0 atom stereocenters. The van der Waals surface area contributed by atoms with Gasteiger partial charge in [0.2, 0.25) is 0 Å². The molecule has 0 saturated heterocycles. The van der Waals surface area contributed by atoms with Gasteiger partial charge in [0.15, 0.2) is 6.61 Å². The number of hydrogen-bond acceptors (Lipinski definition) is 3. The van der Waals surface area contributed by atoms with Crippen molar-refractivity contribution in [1.82, 2.24) is 9.99 Å². The number of carbonyl (C=O) groups excluding carboxylic acids is 1. The van der Waals surface area contributed by atoms with Gasteiger partial charge in [-0.15, -0.1) is 0 Å². The molecular weight excluding hydrogens is 430 g/mol. The van der Waals surface area contributed by atoms with Gasteiger partial charge in [0, 0.05) is 21.7 Å². The number of nitrogens with zero attached hydrogens (tertiary/aromatic N) is 2. The molecule has 29 heavy (non-hydrogen) atoms. The first-order valence-electron chi connectivity index (χ1n) is 9.06. The molecule has 0 radical (unpaired) electrons. The highest BCUT2D eigenvalue weighted by molar-refractivity contribution is 9.10. The number of aromatic nitrogens is 1. The number of hydrogen-bond donors (Lipinski definition) is 1. The van der Waals surface area contributed by atoms with Crippen LogP contribution >= 0.6 is 15.9 Å². The van der Waals surface area contributed by atoms with Crippen molar-refractivity contribution in [2.24, 2.45) is 5.10 Å². The topological polar surface area (TPSA) is 55.6 Å². The molecule has 0 aliphatic carbocycles. The summed E-state index contributed by atoms with van der Waals surface area (Å²) in [5, 5.41) is 6.10. The Morgan fingerprint density at radius 1 is 1.03 bits per heavy atom. The molecule has 1 heterocycles. The van der Waals surface area contributed by atoms with E-state index in [1.54, 1.807) is 6.21 Å². The smallest absolute Gasteiger partial charge is 0.277 e. The summed E-state index contributed by atoms with van der Waals surface area (Å²) >= 11 is 3.48. The van der Waals surface area contributed by atoms with Crippen molar-refractivity contribution < 1.29 is 9.53 Å². The van der Waals surface area contributed by atoms with Crippen LogP contribution in [-0.4, -0.2) is 23.3 Å². The third-order valence-electron chi connectivity index (χ3n) is 4.36. The predicted molar refractivity (Wildman–Crippen MR) is 119 cm³/mol. The predicted octanol–water partition coefficient (Wildman–Crippen LogP) is 4.92. The lowest BCUT2D eigenvalue weighted by molar-refractivity contribution is -0.123. The van der Waals surface area contributed by atoms with Crippen LogP contribution in [0.1, 0.15) is 5.69 Å².